The molecule has 0 aliphatic carbocycles. The molecule has 1 amide bonds. The molecule has 0 fully saturated rings. The van der Waals surface area contributed by atoms with Gasteiger partial charge < -0.3 is 20.1 Å². The van der Waals surface area contributed by atoms with E-state index in [1.165, 1.54) is 7.11 Å². The number of methoxy groups -OCH3 is 1. The van der Waals surface area contributed by atoms with Crippen molar-refractivity contribution < 1.29 is 19.1 Å². The third-order valence-corrected chi connectivity index (χ3v) is 5.85. The molecule has 0 radical (unpaired) electrons. The zero-order valence-corrected chi connectivity index (χ0v) is 22.8. The third kappa shape index (κ3) is 6.60. The van der Waals surface area contributed by atoms with Gasteiger partial charge in [-0.2, -0.15) is 0 Å². The highest BCUT2D eigenvalue weighted by Crippen LogP contribution is 2.40. The van der Waals surface area contributed by atoms with Crippen molar-refractivity contribution in [3.8, 4) is 11.5 Å². The largest absolute Gasteiger partial charge is 0.493 e. The van der Waals surface area contributed by atoms with Crippen molar-refractivity contribution in [1.82, 2.24) is 9.88 Å². The summed E-state index contributed by atoms with van der Waals surface area (Å²) in [4.78, 5) is 30.7. The zero-order valence-electron chi connectivity index (χ0n) is 21.1. The lowest BCUT2D eigenvalue weighted by Gasteiger charge is -2.26. The Morgan fingerprint density at radius 1 is 1.23 bits per heavy atom. The molecule has 0 unspecified atom stereocenters. The van der Waals surface area contributed by atoms with E-state index in [1.54, 1.807) is 11.0 Å². The minimum Gasteiger partial charge on any atom is -0.493 e. The van der Waals surface area contributed by atoms with Crippen LogP contribution in [0.2, 0.25) is 0 Å². The lowest BCUT2D eigenvalue weighted by Crippen LogP contribution is -2.30. The molecule has 1 aromatic heterocycles. The molecule has 8 nitrogen and oxygen atoms in total. The molecule has 1 aliphatic heterocycles. The van der Waals surface area contributed by atoms with Gasteiger partial charge in [0.05, 0.1) is 20.3 Å². The summed E-state index contributed by atoms with van der Waals surface area (Å²) in [6, 6.07) is 7.49. The van der Waals surface area contributed by atoms with Crippen LogP contribution in [-0.2, 0) is 23.2 Å². The van der Waals surface area contributed by atoms with Crippen molar-refractivity contribution >= 4 is 34.5 Å². The summed E-state index contributed by atoms with van der Waals surface area (Å²) in [5.41, 5.74) is 8.78. The Kier molecular flexibility index (Phi) is 9.43. The number of Topliss-reactive ketones (excluding diaryl/α,β-unsaturated/α-hetero) is 1. The molecule has 0 bridgehead atoms. The SMILES string of the molecule is Br.CCc1ccc2c(n1)C(=N)N(CC(=O)c1cc(OC)c(OCCCC(N)=O)c(C(C)(C)C)c1)C2. The summed E-state index contributed by atoms with van der Waals surface area (Å²) in [5.74, 6) is 0.814. The Morgan fingerprint density at radius 3 is 2.54 bits per heavy atom. The first-order valence-corrected chi connectivity index (χ1v) is 11.5. The van der Waals surface area contributed by atoms with Crippen LogP contribution in [0.4, 0.5) is 0 Å². The fraction of sp³-hybridized carbons (Fsp3) is 0.462. The van der Waals surface area contributed by atoms with Gasteiger partial charge in [-0.3, -0.25) is 15.0 Å². The number of nitrogens with one attached hydrogen (secondary N) is 1. The Hall–Kier alpha value is -2.94. The predicted molar refractivity (Wildman–Crippen MR) is 141 cm³/mol. The van der Waals surface area contributed by atoms with E-state index in [0.717, 1.165) is 23.2 Å². The Labute approximate surface area is 217 Å². The molecule has 1 aliphatic rings. The Balaban J connectivity index is 0.00000432. The van der Waals surface area contributed by atoms with Gasteiger partial charge in [0.1, 0.15) is 11.5 Å². The number of ketones is 1. The number of hydrogen-bond acceptors (Lipinski definition) is 6. The van der Waals surface area contributed by atoms with E-state index < -0.39 is 0 Å². The maximum atomic E-state index is 13.3. The van der Waals surface area contributed by atoms with Crippen LogP contribution in [0.15, 0.2) is 24.3 Å². The standard InChI is InChI=1S/C26H34N4O4.BrH/c1-6-18-10-9-16-14-30(25(28)23(16)29-18)15-20(31)17-12-19(26(2,3)4)24(21(13-17)33-5)34-11-7-8-22(27)32;/h9-10,12-13,28H,6-8,11,14-15H2,1-5H3,(H2,27,32);1H. The molecule has 0 saturated heterocycles. The normalized spacial score (nSPS) is 12.7. The molecule has 0 spiro atoms. The number of nitrogens with zero attached hydrogens (tertiary/aromatic N) is 2. The summed E-state index contributed by atoms with van der Waals surface area (Å²) in [6.45, 7) is 9.01. The number of rotatable bonds is 10. The molecule has 2 aromatic rings. The zero-order chi connectivity index (χ0) is 25.0. The second-order valence-corrected chi connectivity index (χ2v) is 9.52. The number of hydrogen-bond donors (Lipinski definition) is 2. The number of ether oxygens (including phenoxy) is 2. The summed E-state index contributed by atoms with van der Waals surface area (Å²) < 4.78 is 11.6. The molecule has 9 heteroatoms. The minimum atomic E-state index is -0.372. The lowest BCUT2D eigenvalue weighted by atomic mass is 9.84. The number of benzene rings is 1. The first-order valence-electron chi connectivity index (χ1n) is 11.5. The summed E-state index contributed by atoms with van der Waals surface area (Å²) in [7, 11) is 1.54. The average molecular weight is 547 g/mol. The number of primary amides is 1. The summed E-state index contributed by atoms with van der Waals surface area (Å²) in [5, 5.41) is 8.53. The van der Waals surface area contributed by atoms with Gasteiger partial charge in [-0.25, -0.2) is 4.98 Å². The van der Waals surface area contributed by atoms with Gasteiger partial charge >= 0.3 is 0 Å². The predicted octanol–water partition coefficient (Wildman–Crippen LogP) is 4.20. The molecule has 0 saturated carbocycles. The lowest BCUT2D eigenvalue weighted by molar-refractivity contribution is -0.118. The van der Waals surface area contributed by atoms with Crippen LogP contribution in [-0.4, -0.2) is 47.7 Å². The highest BCUT2D eigenvalue weighted by Gasteiger charge is 2.29. The number of aromatic nitrogens is 1. The third-order valence-electron chi connectivity index (χ3n) is 5.85. The molecular formula is C26H35BrN4O4. The molecule has 3 N–H and O–H groups in total. The number of amidine groups is 1. The first-order chi connectivity index (χ1) is 16.0. The highest BCUT2D eigenvalue weighted by atomic mass is 79.9. The van der Waals surface area contributed by atoms with Crippen molar-refractivity contribution in [2.24, 2.45) is 5.73 Å². The maximum absolute atomic E-state index is 13.3. The number of halogens is 1. The van der Waals surface area contributed by atoms with E-state index >= 15 is 0 Å². The number of amides is 1. The molecule has 3 rings (SSSR count). The Morgan fingerprint density at radius 2 is 1.94 bits per heavy atom. The molecule has 2 heterocycles. The number of carbonyl (C=O) groups is 2. The molecule has 190 valence electrons. The van der Waals surface area contributed by atoms with Gasteiger partial charge in [-0.1, -0.05) is 33.8 Å². The van der Waals surface area contributed by atoms with Gasteiger partial charge in [0.15, 0.2) is 17.3 Å². The second kappa shape index (κ2) is 11.7. The highest BCUT2D eigenvalue weighted by molar-refractivity contribution is 8.93. The van der Waals surface area contributed by atoms with E-state index in [-0.39, 0.29) is 52.9 Å². The topological polar surface area (TPSA) is 119 Å². The first kappa shape index (κ1) is 28.3. The van der Waals surface area contributed by atoms with E-state index in [0.29, 0.717) is 42.3 Å². The van der Waals surface area contributed by atoms with Crippen LogP contribution >= 0.6 is 17.0 Å². The van der Waals surface area contributed by atoms with Gasteiger partial charge in [0, 0.05) is 35.3 Å². The number of pyridine rings is 1. The van der Waals surface area contributed by atoms with Gasteiger partial charge in [-0.05, 0) is 36.5 Å². The monoisotopic (exact) mass is 546 g/mol. The van der Waals surface area contributed by atoms with Crippen molar-refractivity contribution in [3.05, 3.63) is 52.3 Å². The van der Waals surface area contributed by atoms with E-state index in [4.69, 9.17) is 20.6 Å². The molecule has 0 atom stereocenters. The Bertz CT molecular complexity index is 1110. The smallest absolute Gasteiger partial charge is 0.217 e. The van der Waals surface area contributed by atoms with Crippen molar-refractivity contribution in [2.45, 2.75) is 58.9 Å². The van der Waals surface area contributed by atoms with E-state index in [1.807, 2.05) is 45.9 Å². The molecular weight excluding hydrogens is 512 g/mol. The van der Waals surface area contributed by atoms with Crippen LogP contribution < -0.4 is 15.2 Å². The van der Waals surface area contributed by atoms with Crippen LogP contribution in [0, 0.1) is 5.41 Å². The van der Waals surface area contributed by atoms with Crippen LogP contribution in [0.25, 0.3) is 0 Å². The number of nitrogens with two attached hydrogens (primary N) is 1. The van der Waals surface area contributed by atoms with E-state index in [9.17, 15) is 9.59 Å². The number of aryl methyl sites for hydroxylation is 1. The van der Waals surface area contributed by atoms with E-state index in [2.05, 4.69) is 4.98 Å². The number of carbonyl (C=O) groups excluding carboxylic acids is 2. The fourth-order valence-electron chi connectivity index (χ4n) is 3.93. The second-order valence-electron chi connectivity index (χ2n) is 9.52. The minimum absolute atomic E-state index is 0. The summed E-state index contributed by atoms with van der Waals surface area (Å²) >= 11 is 0. The number of fused-ring (bicyclic) bond motifs is 1. The van der Waals surface area contributed by atoms with Gasteiger partial charge in [0.25, 0.3) is 0 Å². The van der Waals surface area contributed by atoms with Crippen molar-refractivity contribution in [2.75, 3.05) is 20.3 Å². The maximum Gasteiger partial charge on any atom is 0.217 e. The van der Waals surface area contributed by atoms with Crippen LogP contribution in [0.5, 0.6) is 11.5 Å². The fourth-order valence-corrected chi connectivity index (χ4v) is 3.93. The quantitative estimate of drug-likeness (QED) is 0.340. The van der Waals surface area contributed by atoms with Crippen molar-refractivity contribution in [3.63, 3.8) is 0 Å². The van der Waals surface area contributed by atoms with Gasteiger partial charge in [-0.15, -0.1) is 17.0 Å². The average Bonchev–Trinajstić information content (AvgIpc) is 3.09. The summed E-state index contributed by atoms with van der Waals surface area (Å²) in [6.07, 6.45) is 1.53. The van der Waals surface area contributed by atoms with Crippen LogP contribution in [0.1, 0.15) is 73.4 Å². The van der Waals surface area contributed by atoms with Crippen molar-refractivity contribution in [1.29, 1.82) is 5.41 Å². The van der Waals surface area contributed by atoms with Crippen LogP contribution in [0.3, 0.4) is 0 Å². The molecule has 35 heavy (non-hydrogen) atoms. The van der Waals surface area contributed by atoms with Gasteiger partial charge in [0.2, 0.25) is 5.91 Å². The molecule has 1 aromatic carbocycles.